The van der Waals surface area contributed by atoms with E-state index in [9.17, 15) is 13.2 Å². The molecule has 2 fully saturated rings. The van der Waals surface area contributed by atoms with Crippen molar-refractivity contribution in [1.29, 1.82) is 0 Å². The number of aromatic nitrogens is 2. The molecule has 3 heterocycles. The van der Waals surface area contributed by atoms with Gasteiger partial charge in [-0.2, -0.15) is 4.31 Å². The van der Waals surface area contributed by atoms with E-state index >= 15 is 0 Å². The van der Waals surface area contributed by atoms with Gasteiger partial charge in [0.2, 0.25) is 5.91 Å². The fourth-order valence-corrected chi connectivity index (χ4v) is 6.20. The molecule has 2 aromatic rings. The molecule has 0 aliphatic carbocycles. The SMILES string of the molecule is Cc1cccc(C(CNC(=O)C2CCN(S(=O)(=O)c3cn(C)c(C)n3)CC2)N2CCOCC2)c1. The maximum Gasteiger partial charge on any atom is 0.262 e. The molecule has 1 unspecified atom stereocenters. The van der Waals surface area contributed by atoms with Gasteiger partial charge in [-0.3, -0.25) is 9.69 Å². The van der Waals surface area contributed by atoms with Crippen molar-refractivity contribution >= 4 is 15.9 Å². The van der Waals surface area contributed by atoms with Gasteiger partial charge in [-0.05, 0) is 32.3 Å². The molecule has 0 spiro atoms. The van der Waals surface area contributed by atoms with E-state index in [-0.39, 0.29) is 22.9 Å². The van der Waals surface area contributed by atoms with Crippen LogP contribution in [-0.4, -0.2) is 79.0 Å². The molecule has 2 saturated heterocycles. The fourth-order valence-electron chi connectivity index (χ4n) is 4.71. The molecular formula is C24H35N5O4S. The van der Waals surface area contributed by atoms with E-state index in [1.807, 2.05) is 0 Å². The Bertz CT molecular complexity index is 1080. The van der Waals surface area contributed by atoms with Gasteiger partial charge in [0.05, 0.1) is 19.3 Å². The monoisotopic (exact) mass is 489 g/mol. The second-order valence-corrected chi connectivity index (χ2v) is 11.1. The van der Waals surface area contributed by atoms with Gasteiger partial charge in [-0.1, -0.05) is 29.8 Å². The highest BCUT2D eigenvalue weighted by Gasteiger charge is 2.34. The molecule has 4 rings (SSSR count). The number of amides is 1. The standard InChI is InChI=1S/C24H35N5O4S/c1-18-5-4-6-21(15-18)22(28-11-13-33-14-12-28)16-25-24(30)20-7-9-29(10-8-20)34(31,32)23-17-27(3)19(2)26-23/h4-6,15,17,20,22H,7-14,16H2,1-3H3,(H,25,30). The summed E-state index contributed by atoms with van der Waals surface area (Å²) >= 11 is 0. The van der Waals surface area contributed by atoms with Gasteiger partial charge in [-0.25, -0.2) is 13.4 Å². The average molecular weight is 490 g/mol. The smallest absolute Gasteiger partial charge is 0.262 e. The highest BCUT2D eigenvalue weighted by molar-refractivity contribution is 7.89. The number of carbonyl (C=O) groups is 1. The Labute approximate surface area is 202 Å². The molecule has 0 saturated carbocycles. The molecule has 1 amide bonds. The lowest BCUT2D eigenvalue weighted by Crippen LogP contribution is -2.46. The van der Waals surface area contributed by atoms with Crippen LogP contribution in [0, 0.1) is 19.8 Å². The first-order valence-corrected chi connectivity index (χ1v) is 13.4. The van der Waals surface area contributed by atoms with E-state index in [0.717, 1.165) is 13.1 Å². The van der Waals surface area contributed by atoms with Crippen molar-refractivity contribution < 1.29 is 17.9 Å². The minimum absolute atomic E-state index is 0.00311. The van der Waals surface area contributed by atoms with Crippen molar-refractivity contribution in [1.82, 2.24) is 24.1 Å². The number of rotatable bonds is 7. The molecular weight excluding hydrogens is 454 g/mol. The van der Waals surface area contributed by atoms with Gasteiger partial charge in [0.15, 0.2) is 5.03 Å². The van der Waals surface area contributed by atoms with Crippen LogP contribution in [0.2, 0.25) is 0 Å². The highest BCUT2D eigenvalue weighted by atomic mass is 32.2. The molecule has 2 aliphatic heterocycles. The Balaban J connectivity index is 1.36. The van der Waals surface area contributed by atoms with Crippen LogP contribution in [0.3, 0.4) is 0 Å². The third-order valence-electron chi connectivity index (χ3n) is 6.90. The molecule has 9 nitrogen and oxygen atoms in total. The zero-order chi connectivity index (χ0) is 24.3. The molecule has 10 heteroatoms. The van der Waals surface area contributed by atoms with Crippen molar-refractivity contribution in [3.8, 4) is 0 Å². The summed E-state index contributed by atoms with van der Waals surface area (Å²) in [7, 11) is -1.87. The number of carbonyl (C=O) groups excluding carboxylic acids is 1. The van der Waals surface area contributed by atoms with Crippen LogP contribution in [0.4, 0.5) is 0 Å². The Kier molecular flexibility index (Phi) is 7.71. The summed E-state index contributed by atoms with van der Waals surface area (Å²) in [4.78, 5) is 19.6. The Morgan fingerprint density at radius 1 is 1.18 bits per heavy atom. The first-order valence-electron chi connectivity index (χ1n) is 11.9. The van der Waals surface area contributed by atoms with Crippen LogP contribution in [0.1, 0.15) is 35.8 Å². The molecule has 186 valence electrons. The van der Waals surface area contributed by atoms with Crippen LogP contribution < -0.4 is 5.32 Å². The third-order valence-corrected chi connectivity index (χ3v) is 8.67. The number of hydrogen-bond donors (Lipinski definition) is 1. The first-order chi connectivity index (χ1) is 16.3. The van der Waals surface area contributed by atoms with E-state index in [1.165, 1.54) is 15.4 Å². The molecule has 2 aliphatic rings. The van der Waals surface area contributed by atoms with Crippen molar-refractivity contribution in [3.63, 3.8) is 0 Å². The molecule has 1 atom stereocenters. The van der Waals surface area contributed by atoms with Crippen molar-refractivity contribution in [3.05, 3.63) is 47.4 Å². The number of benzene rings is 1. The lowest BCUT2D eigenvalue weighted by molar-refractivity contribution is -0.126. The van der Waals surface area contributed by atoms with Crippen LogP contribution in [-0.2, 0) is 26.6 Å². The van der Waals surface area contributed by atoms with E-state index in [0.29, 0.717) is 51.5 Å². The minimum Gasteiger partial charge on any atom is -0.379 e. The number of morpholine rings is 1. The molecule has 1 aromatic carbocycles. The summed E-state index contributed by atoms with van der Waals surface area (Å²) < 4.78 is 34.5. The largest absolute Gasteiger partial charge is 0.379 e. The Morgan fingerprint density at radius 3 is 2.50 bits per heavy atom. The average Bonchev–Trinajstić information content (AvgIpc) is 3.19. The quantitative estimate of drug-likeness (QED) is 0.635. The number of ether oxygens (including phenoxy) is 1. The highest BCUT2D eigenvalue weighted by Crippen LogP contribution is 2.25. The zero-order valence-corrected chi connectivity index (χ0v) is 21.1. The van der Waals surface area contributed by atoms with Gasteiger partial charge in [0.25, 0.3) is 10.0 Å². The number of hydrogen-bond acceptors (Lipinski definition) is 6. The maximum absolute atomic E-state index is 13.0. The van der Waals surface area contributed by atoms with Gasteiger partial charge < -0.3 is 14.6 Å². The van der Waals surface area contributed by atoms with Crippen molar-refractivity contribution in [2.75, 3.05) is 45.9 Å². The third kappa shape index (κ3) is 5.51. The lowest BCUT2D eigenvalue weighted by Gasteiger charge is -2.35. The topological polar surface area (TPSA) is 96.8 Å². The minimum atomic E-state index is -3.64. The number of imidazole rings is 1. The predicted octanol–water partition coefficient (Wildman–Crippen LogP) is 1.63. The Hall–Kier alpha value is -2.27. The first kappa shape index (κ1) is 24.8. The summed E-state index contributed by atoms with van der Waals surface area (Å²) in [6.07, 6.45) is 2.55. The van der Waals surface area contributed by atoms with E-state index in [4.69, 9.17) is 4.74 Å². The molecule has 1 aromatic heterocycles. The van der Waals surface area contributed by atoms with Gasteiger partial charge in [0.1, 0.15) is 5.82 Å². The summed E-state index contributed by atoms with van der Waals surface area (Å²) in [5.74, 6) is 0.452. The zero-order valence-electron chi connectivity index (χ0n) is 20.2. The van der Waals surface area contributed by atoms with Crippen LogP contribution in [0.5, 0.6) is 0 Å². The maximum atomic E-state index is 13.0. The second-order valence-electron chi connectivity index (χ2n) is 9.24. The number of piperidine rings is 1. The molecule has 0 radical (unpaired) electrons. The molecule has 0 bridgehead atoms. The van der Waals surface area contributed by atoms with Gasteiger partial charge in [0, 0.05) is 51.9 Å². The number of nitrogens with zero attached hydrogens (tertiary/aromatic N) is 4. The van der Waals surface area contributed by atoms with Crippen LogP contribution in [0.25, 0.3) is 0 Å². The molecule has 1 N–H and O–H groups in total. The second kappa shape index (κ2) is 10.6. The summed E-state index contributed by atoms with van der Waals surface area (Å²) in [5, 5.41) is 3.23. The van der Waals surface area contributed by atoms with Crippen molar-refractivity contribution in [2.45, 2.75) is 37.8 Å². The van der Waals surface area contributed by atoms with Crippen LogP contribution in [0.15, 0.2) is 35.5 Å². The number of nitrogens with one attached hydrogen (secondary N) is 1. The van der Waals surface area contributed by atoms with Crippen molar-refractivity contribution in [2.24, 2.45) is 13.0 Å². The molecule has 34 heavy (non-hydrogen) atoms. The summed E-state index contributed by atoms with van der Waals surface area (Å²) in [5.41, 5.74) is 2.38. The fraction of sp³-hybridized carbons (Fsp3) is 0.583. The number of aryl methyl sites for hydroxylation is 3. The van der Waals surface area contributed by atoms with Gasteiger partial charge in [-0.15, -0.1) is 0 Å². The normalized spacial score (nSPS) is 19.7. The Morgan fingerprint density at radius 2 is 1.88 bits per heavy atom. The van der Waals surface area contributed by atoms with E-state index < -0.39 is 10.0 Å². The number of sulfonamides is 1. The van der Waals surface area contributed by atoms with Crippen LogP contribution >= 0.6 is 0 Å². The summed E-state index contributed by atoms with van der Waals surface area (Å²) in [6, 6.07) is 8.50. The van der Waals surface area contributed by atoms with E-state index in [1.54, 1.807) is 24.7 Å². The predicted molar refractivity (Wildman–Crippen MR) is 129 cm³/mol. The lowest BCUT2D eigenvalue weighted by atomic mass is 9.96. The summed E-state index contributed by atoms with van der Waals surface area (Å²) in [6.45, 7) is 8.06. The van der Waals surface area contributed by atoms with Gasteiger partial charge >= 0.3 is 0 Å². The van der Waals surface area contributed by atoms with E-state index in [2.05, 4.69) is 46.4 Å².